The van der Waals surface area contributed by atoms with Gasteiger partial charge in [-0.15, -0.1) is 0 Å². The summed E-state index contributed by atoms with van der Waals surface area (Å²) in [6.45, 7) is 6.63. The minimum atomic E-state index is 0.162. The Balaban J connectivity index is 1.93. The van der Waals surface area contributed by atoms with Crippen molar-refractivity contribution in [2.24, 2.45) is 0 Å². The van der Waals surface area contributed by atoms with Gasteiger partial charge in [-0.05, 0) is 23.1 Å². The lowest BCUT2D eigenvalue weighted by molar-refractivity contribution is 0.590. The van der Waals surface area contributed by atoms with Gasteiger partial charge in [0.2, 0.25) is 0 Å². The Morgan fingerprint density at radius 2 is 1.86 bits per heavy atom. The summed E-state index contributed by atoms with van der Waals surface area (Å²) in [5.74, 6) is 0.495. The van der Waals surface area contributed by atoms with Crippen LogP contribution in [0.25, 0.3) is 5.65 Å². The largest absolute Gasteiger partial charge is 0.382 e. The topological polar surface area (TPSA) is 56.2 Å². The second-order valence-corrected chi connectivity index (χ2v) is 7.07. The molecule has 4 nitrogen and oxygen atoms in total. The van der Waals surface area contributed by atoms with E-state index in [4.69, 9.17) is 5.73 Å². The fraction of sp³-hybridized carbons (Fsp3) is 0.250. The third-order valence-electron chi connectivity index (χ3n) is 3.30. The summed E-state index contributed by atoms with van der Waals surface area (Å²) in [4.78, 5) is 9.86. The molecule has 0 unspecified atom stereocenters. The van der Waals surface area contributed by atoms with Crippen molar-refractivity contribution in [3.8, 4) is 0 Å². The van der Waals surface area contributed by atoms with E-state index in [2.05, 4.69) is 55.0 Å². The van der Waals surface area contributed by atoms with Crippen LogP contribution in [0.4, 0.5) is 5.82 Å². The number of rotatable bonds is 2. The highest BCUT2D eigenvalue weighted by Crippen LogP contribution is 2.31. The normalized spacial score (nSPS) is 12.0. The second-order valence-electron chi connectivity index (χ2n) is 6.01. The van der Waals surface area contributed by atoms with Crippen molar-refractivity contribution in [1.29, 1.82) is 0 Å². The molecule has 5 heteroatoms. The molecule has 21 heavy (non-hydrogen) atoms. The molecule has 0 amide bonds. The highest BCUT2D eigenvalue weighted by Gasteiger charge is 2.14. The van der Waals surface area contributed by atoms with E-state index >= 15 is 0 Å². The first kappa shape index (κ1) is 13.9. The zero-order valence-corrected chi connectivity index (χ0v) is 13.2. The number of nitrogen functional groups attached to an aromatic ring is 1. The molecule has 0 aliphatic rings. The zero-order chi connectivity index (χ0) is 15.0. The first-order chi connectivity index (χ1) is 9.93. The molecule has 0 fully saturated rings. The Morgan fingerprint density at radius 3 is 2.52 bits per heavy atom. The average Bonchev–Trinajstić information content (AvgIpc) is 2.86. The molecule has 0 atom stereocenters. The SMILES string of the molecule is CC(C)(C)c1ccc(Sc2nc(N)cn3ccnc23)cc1. The van der Waals surface area contributed by atoms with E-state index in [1.165, 1.54) is 5.56 Å². The van der Waals surface area contributed by atoms with Gasteiger partial charge in [-0.2, -0.15) is 0 Å². The zero-order valence-electron chi connectivity index (χ0n) is 12.4. The van der Waals surface area contributed by atoms with Crippen molar-refractivity contribution in [2.75, 3.05) is 5.73 Å². The van der Waals surface area contributed by atoms with E-state index in [9.17, 15) is 0 Å². The molecule has 2 N–H and O–H groups in total. The summed E-state index contributed by atoms with van der Waals surface area (Å²) in [6.07, 6.45) is 5.40. The maximum atomic E-state index is 5.85. The van der Waals surface area contributed by atoms with E-state index in [-0.39, 0.29) is 5.41 Å². The van der Waals surface area contributed by atoms with Crippen molar-refractivity contribution in [3.63, 3.8) is 0 Å². The van der Waals surface area contributed by atoms with E-state index < -0.39 is 0 Å². The van der Waals surface area contributed by atoms with Crippen molar-refractivity contribution in [2.45, 2.75) is 36.1 Å². The van der Waals surface area contributed by atoms with E-state index in [0.29, 0.717) is 5.82 Å². The standard InChI is InChI=1S/C16H18N4S/c1-16(2,3)11-4-6-12(7-5-11)21-15-14-18-8-9-20(14)10-13(17)19-15/h4-10H,17H2,1-3H3. The predicted molar refractivity (Wildman–Crippen MR) is 86.7 cm³/mol. The van der Waals surface area contributed by atoms with Gasteiger partial charge in [0.1, 0.15) is 10.8 Å². The molecule has 0 radical (unpaired) electrons. The van der Waals surface area contributed by atoms with Crippen molar-refractivity contribution in [1.82, 2.24) is 14.4 Å². The molecule has 1 aromatic carbocycles. The summed E-state index contributed by atoms with van der Waals surface area (Å²) < 4.78 is 1.90. The van der Waals surface area contributed by atoms with Gasteiger partial charge in [0.25, 0.3) is 0 Å². The molecular formula is C16H18N4S. The predicted octanol–water partition coefficient (Wildman–Crippen LogP) is 3.76. The van der Waals surface area contributed by atoms with Crippen LogP contribution in [0.15, 0.2) is 52.8 Å². The van der Waals surface area contributed by atoms with Gasteiger partial charge < -0.3 is 10.1 Å². The number of anilines is 1. The lowest BCUT2D eigenvalue weighted by Gasteiger charge is -2.19. The smallest absolute Gasteiger partial charge is 0.170 e. The van der Waals surface area contributed by atoms with Crippen LogP contribution in [0, 0.1) is 0 Å². The lowest BCUT2D eigenvalue weighted by Crippen LogP contribution is -2.10. The Kier molecular flexibility index (Phi) is 3.37. The van der Waals surface area contributed by atoms with Gasteiger partial charge in [-0.1, -0.05) is 44.7 Å². The van der Waals surface area contributed by atoms with E-state index in [0.717, 1.165) is 15.6 Å². The van der Waals surface area contributed by atoms with E-state index in [1.54, 1.807) is 24.2 Å². The molecule has 0 aliphatic heterocycles. The molecule has 0 saturated carbocycles. The van der Waals surface area contributed by atoms with Crippen molar-refractivity contribution >= 4 is 23.2 Å². The van der Waals surface area contributed by atoms with Crippen LogP contribution >= 0.6 is 11.8 Å². The number of hydrogen-bond acceptors (Lipinski definition) is 4. The highest BCUT2D eigenvalue weighted by atomic mass is 32.2. The number of imidazole rings is 1. The third kappa shape index (κ3) is 2.88. The number of nitrogens with zero attached hydrogens (tertiary/aromatic N) is 3. The summed E-state index contributed by atoms with van der Waals surface area (Å²) in [5, 5.41) is 0.823. The van der Waals surface area contributed by atoms with Crippen LogP contribution < -0.4 is 5.73 Å². The average molecular weight is 298 g/mol. The van der Waals surface area contributed by atoms with Gasteiger partial charge in [0.05, 0.1) is 6.20 Å². The second kappa shape index (κ2) is 5.07. The van der Waals surface area contributed by atoms with Gasteiger partial charge in [0, 0.05) is 17.3 Å². The first-order valence-corrected chi connectivity index (χ1v) is 7.63. The molecule has 2 aromatic heterocycles. The number of aromatic nitrogens is 3. The van der Waals surface area contributed by atoms with Gasteiger partial charge in [0.15, 0.2) is 5.65 Å². The number of fused-ring (bicyclic) bond motifs is 1. The van der Waals surface area contributed by atoms with Gasteiger partial charge in [-0.25, -0.2) is 9.97 Å². The van der Waals surface area contributed by atoms with E-state index in [1.807, 2.05) is 10.6 Å². The monoisotopic (exact) mass is 298 g/mol. The molecule has 0 saturated heterocycles. The van der Waals surface area contributed by atoms with Crippen LogP contribution in [-0.4, -0.2) is 14.4 Å². The maximum absolute atomic E-state index is 5.85. The van der Waals surface area contributed by atoms with Crippen LogP contribution in [0.3, 0.4) is 0 Å². The number of benzene rings is 1. The van der Waals surface area contributed by atoms with Crippen LogP contribution in [0.2, 0.25) is 0 Å². The fourth-order valence-corrected chi connectivity index (χ4v) is 3.02. The summed E-state index contributed by atoms with van der Waals surface area (Å²) in [6, 6.07) is 8.57. The van der Waals surface area contributed by atoms with Crippen LogP contribution in [0.5, 0.6) is 0 Å². The summed E-state index contributed by atoms with van der Waals surface area (Å²) in [5.41, 5.74) is 8.15. The Hall–Kier alpha value is -2.01. The minimum Gasteiger partial charge on any atom is -0.382 e. The first-order valence-electron chi connectivity index (χ1n) is 6.81. The van der Waals surface area contributed by atoms with Crippen LogP contribution in [-0.2, 0) is 5.41 Å². The fourth-order valence-electron chi connectivity index (χ4n) is 2.12. The number of hydrogen-bond donors (Lipinski definition) is 1. The molecule has 3 rings (SSSR count). The molecule has 2 heterocycles. The lowest BCUT2D eigenvalue weighted by atomic mass is 9.87. The minimum absolute atomic E-state index is 0.162. The maximum Gasteiger partial charge on any atom is 0.170 e. The van der Waals surface area contributed by atoms with Crippen molar-refractivity contribution in [3.05, 3.63) is 48.4 Å². The Bertz CT molecular complexity index is 769. The molecule has 0 aliphatic carbocycles. The molecule has 108 valence electrons. The molecular weight excluding hydrogens is 280 g/mol. The quantitative estimate of drug-likeness (QED) is 0.782. The Morgan fingerprint density at radius 1 is 1.14 bits per heavy atom. The van der Waals surface area contributed by atoms with Gasteiger partial charge >= 0.3 is 0 Å². The van der Waals surface area contributed by atoms with Gasteiger partial charge in [-0.3, -0.25) is 0 Å². The Labute approximate surface area is 128 Å². The summed E-state index contributed by atoms with van der Waals surface area (Å²) in [7, 11) is 0. The van der Waals surface area contributed by atoms with Crippen molar-refractivity contribution < 1.29 is 0 Å². The number of nitrogens with two attached hydrogens (primary N) is 1. The molecule has 0 spiro atoms. The summed E-state index contributed by atoms with van der Waals surface area (Å²) >= 11 is 1.58. The van der Waals surface area contributed by atoms with Crippen LogP contribution in [0.1, 0.15) is 26.3 Å². The third-order valence-corrected chi connectivity index (χ3v) is 4.27. The highest BCUT2D eigenvalue weighted by molar-refractivity contribution is 7.99. The molecule has 3 aromatic rings. The molecule has 0 bridgehead atoms.